The van der Waals surface area contributed by atoms with Crippen LogP contribution in [0.15, 0.2) is 106 Å². The number of hydrogen-bond acceptors (Lipinski definition) is 22. The van der Waals surface area contributed by atoms with Gasteiger partial charge in [0.1, 0.15) is 71.0 Å². The fourth-order valence-corrected chi connectivity index (χ4v) is 17.9. The number of aliphatic hydroxyl groups excluding tert-OH is 1. The Morgan fingerprint density at radius 1 is 0.404 bits per heavy atom. The van der Waals surface area contributed by atoms with Gasteiger partial charge in [-0.15, -0.1) is 0 Å². The summed E-state index contributed by atoms with van der Waals surface area (Å²) in [6.07, 6.45) is 9.72. The molecular formula is C95H143N25O21. The lowest BCUT2D eigenvalue weighted by atomic mass is 9.64. The van der Waals surface area contributed by atoms with Crippen molar-refractivity contribution in [3.63, 3.8) is 0 Å². The summed E-state index contributed by atoms with van der Waals surface area (Å²) in [4.78, 5) is 253. The molecule has 16 amide bonds. The number of carboxylic acids is 2. The predicted octanol–water partition coefficient (Wildman–Crippen LogP) is -3.46. The van der Waals surface area contributed by atoms with Crippen molar-refractivity contribution < 1.29 is 102 Å². The molecule has 2 saturated carbocycles. The first kappa shape index (κ1) is 114. The molecule has 774 valence electrons. The third-order valence-corrected chi connectivity index (χ3v) is 25.4. The van der Waals surface area contributed by atoms with Crippen molar-refractivity contribution in [3.8, 4) is 0 Å². The number of benzene rings is 3. The number of aliphatic hydroxyl groups is 1. The van der Waals surface area contributed by atoms with Gasteiger partial charge in [0.25, 0.3) is 0 Å². The average molecular weight is 1970 g/mol. The first-order chi connectivity index (χ1) is 67.2. The Morgan fingerprint density at radius 2 is 0.759 bits per heavy atom. The average Bonchev–Trinajstić information content (AvgIpc) is 1.01. The van der Waals surface area contributed by atoms with Gasteiger partial charge in [-0.2, -0.15) is 0 Å². The van der Waals surface area contributed by atoms with Gasteiger partial charge in [0.2, 0.25) is 94.5 Å². The number of likely N-dealkylation sites (tertiary alicyclic amines) is 1. The summed E-state index contributed by atoms with van der Waals surface area (Å²) >= 11 is 0. The number of hydrogen-bond donors (Lipinski definition) is 24. The molecule has 46 nitrogen and oxygen atoms in total. The fourth-order valence-electron chi connectivity index (χ4n) is 17.9. The van der Waals surface area contributed by atoms with Crippen LogP contribution >= 0.6 is 0 Å². The topological polar surface area (TPSA) is 745 Å². The van der Waals surface area contributed by atoms with Gasteiger partial charge >= 0.3 is 11.9 Å². The van der Waals surface area contributed by atoms with Gasteiger partial charge in [-0.05, 0) is 124 Å². The van der Waals surface area contributed by atoms with Crippen LogP contribution in [0.4, 0.5) is 0 Å². The smallest absolute Gasteiger partial charge is 0.305 e. The van der Waals surface area contributed by atoms with E-state index in [4.69, 9.17) is 34.4 Å². The number of unbranched alkanes of at least 4 members (excludes halogenated alkanes) is 4. The largest absolute Gasteiger partial charge is 0.481 e. The van der Waals surface area contributed by atoms with Crippen LogP contribution in [0.3, 0.4) is 0 Å². The number of aliphatic carboxylic acids is 2. The molecule has 3 aromatic rings. The number of carboxylic acid groups (broad SMARTS) is 2. The summed E-state index contributed by atoms with van der Waals surface area (Å²) in [6.45, 7) is 6.85. The standard InChI is InChI=1S/C35H55N9O7.C32H48N8O7.C28H40N8O7/c1-2-3-4-5-9-14-29(47)44-19-16-35(17-20-44)33(51)42-27(22-24-11-7-6-8-12-24)31(49)41-26(15-21-45)30(48)39-23-28(46)40-25(32(50)43-35)13-10-18-38-34(36)37;1-18(2)21-12-11-19(3)16-32(21)30(47)39-23(14-20-8-5-4-6-9-20)28(45)38-24(15-26(42)43)27(44)36-17-25(41)37-22(29(46)40-32)10-7-13-35-31(33)34;29-27(30)31-13-7-10-18-25(42)36-28(11-5-2-6-12-28)26(43)35-19(14-17-8-3-1-4-9-17)24(41)34-20(15-22(38)39)23(40)32-16-21(37)33-18/h6-8,11-12,25-27,45H,2-5,9-10,13-23H2,1H3,(H,39,48)(H,40,46)(H,41,49)(H,42,51)(H,43,50)(H4,36,37,38);4-6,8-9,18-19,21-24H,7,10-17H2,1-3H3,(H,36,44)(H,37,41)(H,38,45)(H,39,47)(H,40,46)(H,42,43)(H4,33,34,35);1,3-4,8-9,18-20H,2,5-7,10-16H2,(H,32,40)(H,33,37)(H,34,41)(H,35,43)(H,36,42)(H,38,39)(H4,29,30,31)/t25-,26-,27+;19-,21+,22-,23+,24-,32?;18-,19+,20-/m000/s1. The normalized spacial score (nSPS) is 24.2. The van der Waals surface area contributed by atoms with Crippen LogP contribution in [0.5, 0.6) is 0 Å². The Kier molecular flexibility index (Phi) is 46.4. The van der Waals surface area contributed by atoms with Gasteiger partial charge in [0.15, 0.2) is 17.9 Å². The fraction of sp³-hybridized carbons (Fsp3) is 0.589. The zero-order valence-electron chi connectivity index (χ0n) is 80.7. The number of nitrogens with one attached hydrogen (secondary N) is 15. The Labute approximate surface area is 819 Å². The summed E-state index contributed by atoms with van der Waals surface area (Å²) in [5, 5.41) is 68.3. The molecule has 0 radical (unpaired) electrons. The lowest BCUT2D eigenvalue weighted by Crippen LogP contribution is -2.69. The lowest BCUT2D eigenvalue weighted by Gasteiger charge is -2.48. The van der Waals surface area contributed by atoms with E-state index in [1.807, 2.05) is 26.8 Å². The highest BCUT2D eigenvalue weighted by Gasteiger charge is 2.54. The molecule has 9 rings (SSSR count). The van der Waals surface area contributed by atoms with E-state index >= 15 is 0 Å². The molecule has 6 fully saturated rings. The first-order valence-corrected chi connectivity index (χ1v) is 48.3. The summed E-state index contributed by atoms with van der Waals surface area (Å²) in [5.41, 5.74) is 30.3. The number of nitrogens with zero attached hydrogens (tertiary/aromatic N) is 4. The molecule has 3 aromatic carbocycles. The maximum atomic E-state index is 14.6. The van der Waals surface area contributed by atoms with E-state index < -0.39 is 211 Å². The van der Waals surface area contributed by atoms with Crippen molar-refractivity contribution in [1.29, 1.82) is 0 Å². The van der Waals surface area contributed by atoms with Crippen LogP contribution in [0.2, 0.25) is 0 Å². The molecule has 46 heteroatoms. The third kappa shape index (κ3) is 37.5. The van der Waals surface area contributed by atoms with Crippen molar-refractivity contribution in [2.45, 2.75) is 278 Å². The van der Waals surface area contributed by atoms with Gasteiger partial charge in [0.05, 0.1) is 32.5 Å². The zero-order valence-corrected chi connectivity index (χ0v) is 80.7. The molecule has 30 N–H and O–H groups in total. The van der Waals surface area contributed by atoms with Crippen LogP contribution in [-0.2, 0) is 106 Å². The second-order valence-corrected chi connectivity index (χ2v) is 36.8. The molecule has 4 heterocycles. The third-order valence-electron chi connectivity index (χ3n) is 25.4. The molecular weight excluding hydrogens is 1830 g/mol. The van der Waals surface area contributed by atoms with Gasteiger partial charge in [-0.1, -0.05) is 170 Å². The number of guanidine groups is 3. The number of amides is 16. The van der Waals surface area contributed by atoms with E-state index in [9.17, 15) is 102 Å². The number of carbonyl (C=O) groups is 18. The molecule has 4 saturated heterocycles. The molecule has 4 aliphatic heterocycles. The van der Waals surface area contributed by atoms with Crippen LogP contribution in [0, 0.1) is 17.8 Å². The summed E-state index contributed by atoms with van der Waals surface area (Å²) < 4.78 is 0. The van der Waals surface area contributed by atoms with Crippen molar-refractivity contribution in [3.05, 3.63) is 108 Å². The Bertz CT molecular complexity index is 4850. The van der Waals surface area contributed by atoms with Crippen molar-refractivity contribution in [2.75, 3.05) is 59.0 Å². The molecule has 0 bridgehead atoms. The van der Waals surface area contributed by atoms with Gasteiger partial charge in [0, 0.05) is 65.0 Å². The second kappa shape index (κ2) is 57.4. The maximum Gasteiger partial charge on any atom is 0.305 e. The minimum Gasteiger partial charge on any atom is -0.481 e. The number of aliphatic imine (C=N–C) groups is 3. The van der Waals surface area contributed by atoms with Crippen molar-refractivity contribution in [2.24, 2.45) is 67.1 Å². The number of rotatable bonds is 31. The molecule has 12 atom stereocenters. The Hall–Kier alpha value is -14.1. The summed E-state index contributed by atoms with van der Waals surface area (Å²) in [6, 6.07) is 15.5. The molecule has 0 aromatic heterocycles. The van der Waals surface area contributed by atoms with Crippen LogP contribution in [0.1, 0.15) is 205 Å². The quantitative estimate of drug-likeness (QED) is 0.0169. The van der Waals surface area contributed by atoms with E-state index in [1.165, 1.54) is 0 Å². The SMILES string of the molecule is CC(C)[C@H]1CC[C@H](C)CC12NC(=O)[C@H](CCCN=C(N)N)NC(=O)CNC(=O)[C@H](CC(=O)O)NC(=O)[C@@H](Cc1ccccc1)NC2=O.CCCCCCCC(=O)N1CCC2(CC1)NC(=O)[C@H](CCCN=C(N)N)NC(=O)CNC(=O)[C@H](CCO)NC(=O)[C@@H](Cc1ccccc1)NC2=O.NC(N)=NCCC[C@@H]1NC(=O)CNC(=O)[C@H](CC(=O)O)NC(=O)[C@@H](Cc2ccccc2)NC(=O)C2(CCCCC2)NC1=O. The van der Waals surface area contributed by atoms with Crippen molar-refractivity contribution in [1.82, 2.24) is 84.7 Å². The number of carbonyl (C=O) groups excluding carboxylic acids is 16. The van der Waals surface area contributed by atoms with Crippen LogP contribution < -0.4 is 114 Å². The first-order valence-electron chi connectivity index (χ1n) is 48.3. The van der Waals surface area contributed by atoms with Gasteiger partial charge in [-0.25, -0.2) is 0 Å². The van der Waals surface area contributed by atoms with E-state index in [0.29, 0.717) is 68.9 Å². The molecule has 1 unspecified atom stereocenters. The second-order valence-electron chi connectivity index (χ2n) is 36.8. The predicted molar refractivity (Wildman–Crippen MR) is 519 cm³/mol. The van der Waals surface area contributed by atoms with Crippen LogP contribution in [0.25, 0.3) is 0 Å². The molecule has 3 spiro atoms. The highest BCUT2D eigenvalue weighted by Crippen LogP contribution is 2.42. The highest BCUT2D eigenvalue weighted by atomic mass is 16.4. The van der Waals surface area contributed by atoms with E-state index in [-0.39, 0.29) is 138 Å². The summed E-state index contributed by atoms with van der Waals surface area (Å²) in [7, 11) is 0. The van der Waals surface area contributed by atoms with E-state index in [1.54, 1.807) is 89.8 Å². The number of piperidine rings is 1. The molecule has 141 heavy (non-hydrogen) atoms. The van der Waals surface area contributed by atoms with Gasteiger partial charge < -0.3 is 134 Å². The van der Waals surface area contributed by atoms with Crippen molar-refractivity contribution >= 4 is 124 Å². The van der Waals surface area contributed by atoms with E-state index in [0.717, 1.165) is 50.5 Å². The van der Waals surface area contributed by atoms with Gasteiger partial charge in [-0.3, -0.25) is 101 Å². The molecule has 6 aliphatic rings. The molecule has 2 aliphatic carbocycles. The Balaban J connectivity index is 0.000000288. The maximum absolute atomic E-state index is 14.6. The minimum absolute atomic E-state index is 0.0245. The zero-order chi connectivity index (χ0) is 103. The Morgan fingerprint density at radius 3 is 1.13 bits per heavy atom. The monoisotopic (exact) mass is 1970 g/mol. The number of nitrogens with two attached hydrogens (primary N) is 6. The highest BCUT2D eigenvalue weighted by molar-refractivity contribution is 6.03. The minimum atomic E-state index is -1.55. The lowest BCUT2D eigenvalue weighted by molar-refractivity contribution is -0.143. The van der Waals surface area contributed by atoms with E-state index in [2.05, 4.69) is 102 Å². The summed E-state index contributed by atoms with van der Waals surface area (Å²) in [5.74, 6) is -14.1. The van der Waals surface area contributed by atoms with Crippen LogP contribution in [-0.4, -0.2) is 275 Å².